The van der Waals surface area contributed by atoms with Crippen molar-refractivity contribution in [2.75, 3.05) is 13.7 Å². The molecule has 9 heteroatoms. The number of aromatic nitrogens is 2. The van der Waals surface area contributed by atoms with E-state index < -0.39 is 12.1 Å². The maximum atomic E-state index is 12.8. The van der Waals surface area contributed by atoms with E-state index in [4.69, 9.17) is 0 Å². The van der Waals surface area contributed by atoms with Crippen molar-refractivity contribution in [3.8, 4) is 0 Å². The first-order valence-corrected chi connectivity index (χ1v) is 11.6. The number of likely N-dealkylation sites (tertiary alicyclic amines) is 1. The average molecular weight is 458 g/mol. The lowest BCUT2D eigenvalue weighted by atomic mass is 9.84. The number of aromatic amines is 1. The number of ether oxygens (including phenoxy) is 1. The summed E-state index contributed by atoms with van der Waals surface area (Å²) in [5.41, 5.74) is 0. The topological polar surface area (TPSA) is 113 Å². The number of nitrogens with one attached hydrogen (secondary N) is 2. The van der Waals surface area contributed by atoms with Gasteiger partial charge in [-0.25, -0.2) is 15.0 Å². The summed E-state index contributed by atoms with van der Waals surface area (Å²) in [5, 5.41) is 6.60. The Balaban J connectivity index is 0.000000400. The Labute approximate surface area is 191 Å². The lowest BCUT2D eigenvalue weighted by Crippen LogP contribution is -2.51. The van der Waals surface area contributed by atoms with Gasteiger partial charge in [-0.1, -0.05) is 53.4 Å². The SMILES string of the molecule is CC1CCC(C)CC1.COC(=O)NC(C(=O)N1CCC[C@H]1c1ncc[nH]1)C(C)C.NCl. The van der Waals surface area contributed by atoms with Gasteiger partial charge in [0.1, 0.15) is 11.9 Å². The molecule has 1 saturated heterocycles. The fourth-order valence-electron chi connectivity index (χ4n) is 4.08. The average Bonchev–Trinajstić information content (AvgIpc) is 3.46. The molecular weight excluding hydrogens is 418 g/mol. The van der Waals surface area contributed by atoms with Crippen molar-refractivity contribution in [3.05, 3.63) is 18.2 Å². The molecule has 8 nitrogen and oxygen atoms in total. The van der Waals surface area contributed by atoms with Crippen LogP contribution in [-0.2, 0) is 9.53 Å². The molecule has 1 unspecified atom stereocenters. The largest absolute Gasteiger partial charge is 0.453 e. The molecule has 0 aromatic carbocycles. The van der Waals surface area contributed by atoms with Gasteiger partial charge in [0.05, 0.1) is 13.2 Å². The Bertz CT molecular complexity index is 623. The third kappa shape index (κ3) is 8.69. The van der Waals surface area contributed by atoms with E-state index in [0.29, 0.717) is 6.54 Å². The molecule has 31 heavy (non-hydrogen) atoms. The number of nitrogens with zero attached hydrogens (tertiary/aromatic N) is 2. The van der Waals surface area contributed by atoms with E-state index in [-0.39, 0.29) is 17.9 Å². The number of imidazole rings is 1. The van der Waals surface area contributed by atoms with Crippen LogP contribution in [0.1, 0.15) is 78.1 Å². The Hall–Kier alpha value is -1.80. The van der Waals surface area contributed by atoms with Gasteiger partial charge in [-0.05, 0) is 42.4 Å². The van der Waals surface area contributed by atoms with Gasteiger partial charge in [-0.15, -0.1) is 0 Å². The van der Waals surface area contributed by atoms with Crippen LogP contribution in [-0.4, -0.2) is 46.6 Å². The van der Waals surface area contributed by atoms with Crippen LogP contribution in [0.5, 0.6) is 0 Å². The highest BCUT2D eigenvalue weighted by molar-refractivity contribution is 6.11. The second-order valence-corrected chi connectivity index (χ2v) is 8.89. The highest BCUT2D eigenvalue weighted by Gasteiger charge is 2.37. The van der Waals surface area contributed by atoms with E-state index in [2.05, 4.69) is 50.9 Å². The lowest BCUT2D eigenvalue weighted by Gasteiger charge is -2.29. The molecule has 2 atom stereocenters. The van der Waals surface area contributed by atoms with E-state index in [1.807, 2.05) is 13.8 Å². The molecule has 3 rings (SSSR count). The molecule has 178 valence electrons. The van der Waals surface area contributed by atoms with Gasteiger partial charge in [-0.2, -0.15) is 0 Å². The van der Waals surface area contributed by atoms with Crippen molar-refractivity contribution in [2.45, 2.75) is 78.3 Å². The van der Waals surface area contributed by atoms with Crippen LogP contribution in [0.4, 0.5) is 4.79 Å². The standard InChI is InChI=1S/C14H22N4O3.C8H16.ClH2N/c1-9(2)11(17-14(20)21-3)13(19)18-8-4-5-10(18)12-15-6-7-16-12;1-7-3-5-8(2)6-4-7;1-2/h6-7,9-11H,4-5,8H2,1-3H3,(H,15,16)(H,17,20);7-8H,3-6H2,1-2H3;2H2/t10-,11?;;/m0../s1. The van der Waals surface area contributed by atoms with Crippen LogP contribution >= 0.6 is 11.8 Å². The number of nitrogens with two attached hydrogens (primary N) is 1. The summed E-state index contributed by atoms with van der Waals surface area (Å²) in [5.74, 6) is 2.72. The minimum absolute atomic E-state index is 0.0190. The van der Waals surface area contributed by atoms with E-state index in [9.17, 15) is 9.59 Å². The minimum atomic E-state index is -0.590. The summed E-state index contributed by atoms with van der Waals surface area (Å²) >= 11 is 4.14. The molecule has 2 amide bonds. The molecular formula is C22H40ClN5O3. The highest BCUT2D eigenvalue weighted by atomic mass is 35.5. The summed E-state index contributed by atoms with van der Waals surface area (Å²) in [6.07, 6.45) is 10.6. The Morgan fingerprint density at radius 1 is 1.19 bits per heavy atom. The number of carbonyl (C=O) groups excluding carboxylic acids is 2. The molecule has 1 aliphatic carbocycles. The number of hydrogen-bond donors (Lipinski definition) is 3. The van der Waals surface area contributed by atoms with Crippen LogP contribution in [0.25, 0.3) is 0 Å². The zero-order chi connectivity index (χ0) is 23.4. The summed E-state index contributed by atoms with van der Waals surface area (Å²) in [6, 6.07) is -0.638. The maximum Gasteiger partial charge on any atom is 0.407 e. The number of alkyl carbamates (subject to hydrolysis) is 1. The number of carbonyl (C=O) groups is 2. The van der Waals surface area contributed by atoms with Crippen molar-refractivity contribution in [3.63, 3.8) is 0 Å². The number of halogens is 1. The highest BCUT2D eigenvalue weighted by Crippen LogP contribution is 2.31. The zero-order valence-corrected chi connectivity index (χ0v) is 20.3. The molecule has 2 heterocycles. The van der Waals surface area contributed by atoms with Crippen molar-refractivity contribution in [1.29, 1.82) is 0 Å². The molecule has 0 radical (unpaired) electrons. The molecule has 2 fully saturated rings. The molecule has 2 aliphatic rings. The van der Waals surface area contributed by atoms with E-state index in [0.717, 1.165) is 30.5 Å². The predicted molar refractivity (Wildman–Crippen MR) is 123 cm³/mol. The van der Waals surface area contributed by atoms with Gasteiger partial charge < -0.3 is 19.9 Å². The third-order valence-corrected chi connectivity index (χ3v) is 6.07. The van der Waals surface area contributed by atoms with Crippen LogP contribution in [0.3, 0.4) is 0 Å². The number of hydrogen-bond acceptors (Lipinski definition) is 5. The molecule has 0 spiro atoms. The number of methoxy groups -OCH3 is 1. The summed E-state index contributed by atoms with van der Waals surface area (Å²) in [7, 11) is 1.29. The van der Waals surface area contributed by atoms with Gasteiger partial charge in [0.15, 0.2) is 0 Å². The summed E-state index contributed by atoms with van der Waals surface area (Å²) in [6.45, 7) is 9.21. The quantitative estimate of drug-likeness (QED) is 0.580. The molecule has 1 aromatic heterocycles. The Kier molecular flexibility index (Phi) is 12.6. The third-order valence-electron chi connectivity index (χ3n) is 6.07. The Morgan fingerprint density at radius 3 is 2.23 bits per heavy atom. The van der Waals surface area contributed by atoms with Crippen molar-refractivity contribution in [2.24, 2.45) is 23.0 Å². The summed E-state index contributed by atoms with van der Waals surface area (Å²) < 4.78 is 4.60. The summed E-state index contributed by atoms with van der Waals surface area (Å²) in [4.78, 5) is 33.3. The predicted octanol–water partition coefficient (Wildman–Crippen LogP) is 4.39. The van der Waals surface area contributed by atoms with Crippen molar-refractivity contribution >= 4 is 23.8 Å². The van der Waals surface area contributed by atoms with Crippen molar-refractivity contribution < 1.29 is 14.3 Å². The number of rotatable bonds is 4. The van der Waals surface area contributed by atoms with Crippen molar-refractivity contribution in [1.82, 2.24) is 20.2 Å². The van der Waals surface area contributed by atoms with Gasteiger partial charge in [0, 0.05) is 18.9 Å². The van der Waals surface area contributed by atoms with E-state index in [1.54, 1.807) is 17.3 Å². The maximum absolute atomic E-state index is 12.8. The smallest absolute Gasteiger partial charge is 0.407 e. The fourth-order valence-corrected chi connectivity index (χ4v) is 4.08. The normalized spacial score (nSPS) is 23.7. The van der Waals surface area contributed by atoms with Gasteiger partial charge in [-0.3, -0.25) is 4.79 Å². The first-order chi connectivity index (χ1) is 14.8. The van der Waals surface area contributed by atoms with E-state index in [1.165, 1.54) is 32.8 Å². The molecule has 1 aliphatic heterocycles. The fraction of sp³-hybridized carbons (Fsp3) is 0.773. The van der Waals surface area contributed by atoms with Crippen LogP contribution in [0.2, 0.25) is 0 Å². The second-order valence-electron chi connectivity index (χ2n) is 8.89. The first-order valence-electron chi connectivity index (χ1n) is 11.2. The zero-order valence-electron chi connectivity index (χ0n) is 19.6. The van der Waals surface area contributed by atoms with Gasteiger partial charge >= 0.3 is 6.09 Å². The monoisotopic (exact) mass is 457 g/mol. The molecule has 1 saturated carbocycles. The molecule has 1 aromatic rings. The molecule has 0 bridgehead atoms. The molecule has 4 N–H and O–H groups in total. The second kappa shape index (κ2) is 14.3. The minimum Gasteiger partial charge on any atom is -0.453 e. The van der Waals surface area contributed by atoms with Gasteiger partial charge in [0.2, 0.25) is 5.91 Å². The van der Waals surface area contributed by atoms with Crippen LogP contribution in [0, 0.1) is 17.8 Å². The number of H-pyrrole nitrogens is 1. The lowest BCUT2D eigenvalue weighted by molar-refractivity contribution is -0.135. The number of amides is 2. The van der Waals surface area contributed by atoms with Crippen LogP contribution in [0.15, 0.2) is 12.4 Å². The Morgan fingerprint density at radius 2 is 1.77 bits per heavy atom. The van der Waals surface area contributed by atoms with Gasteiger partial charge in [0.25, 0.3) is 0 Å². The van der Waals surface area contributed by atoms with Crippen LogP contribution < -0.4 is 10.6 Å². The van der Waals surface area contributed by atoms with E-state index >= 15 is 0 Å². The first kappa shape index (κ1) is 27.2.